The Bertz CT molecular complexity index is 887. The normalized spacial score (nSPS) is 22.7. The number of ether oxygens (including phenoxy) is 1. The van der Waals surface area contributed by atoms with Gasteiger partial charge in [-0.25, -0.2) is 19.7 Å². The number of aliphatic carboxylic acids is 1. The van der Waals surface area contributed by atoms with Gasteiger partial charge in [0.2, 0.25) is 5.95 Å². The summed E-state index contributed by atoms with van der Waals surface area (Å²) in [4.78, 5) is 40.1. The summed E-state index contributed by atoms with van der Waals surface area (Å²) in [5, 5.41) is 10.2. The number of hydrogen-bond donors (Lipinski definition) is 2. The molecule has 13 heteroatoms. The fraction of sp³-hybridized carbons (Fsp3) is 0.444. The van der Waals surface area contributed by atoms with E-state index in [9.17, 15) is 18.0 Å². The Labute approximate surface area is 174 Å². The number of carboxylic acid groups (broad SMARTS) is 1. The molecule has 2 N–H and O–H groups in total. The first-order chi connectivity index (χ1) is 14.8. The van der Waals surface area contributed by atoms with E-state index in [0.717, 1.165) is 12.8 Å². The van der Waals surface area contributed by atoms with E-state index in [2.05, 4.69) is 30.2 Å². The van der Waals surface area contributed by atoms with Crippen LogP contribution in [0, 0.1) is 0 Å². The molecule has 2 aliphatic rings. The SMILES string of the molecule is O=C(N[C@H]1CN(c2ncccn2)[C@@H]2CCCO[C@H]12)c1cnccn1.O=C(O)C(F)(F)F. The lowest BCUT2D eigenvalue weighted by Crippen LogP contribution is -2.47. The molecular formula is C18H19F3N6O4. The van der Waals surface area contributed by atoms with Gasteiger partial charge in [-0.05, 0) is 18.9 Å². The summed E-state index contributed by atoms with van der Waals surface area (Å²) < 4.78 is 37.7. The highest BCUT2D eigenvalue weighted by molar-refractivity contribution is 5.92. The summed E-state index contributed by atoms with van der Waals surface area (Å²) in [6.45, 7) is 1.33. The van der Waals surface area contributed by atoms with Crippen LogP contribution in [0.5, 0.6) is 0 Å². The Hall–Kier alpha value is -3.35. The van der Waals surface area contributed by atoms with Gasteiger partial charge in [-0.3, -0.25) is 9.78 Å². The minimum absolute atomic E-state index is 0.0665. The molecule has 31 heavy (non-hydrogen) atoms. The number of aromatic nitrogens is 4. The van der Waals surface area contributed by atoms with Gasteiger partial charge in [0.25, 0.3) is 5.91 Å². The van der Waals surface area contributed by atoms with Gasteiger partial charge < -0.3 is 20.1 Å². The summed E-state index contributed by atoms with van der Waals surface area (Å²) in [5.74, 6) is -2.32. The quantitative estimate of drug-likeness (QED) is 0.720. The molecule has 0 radical (unpaired) electrons. The number of carbonyl (C=O) groups excluding carboxylic acids is 1. The molecule has 2 aromatic rings. The van der Waals surface area contributed by atoms with Crippen LogP contribution in [0.4, 0.5) is 19.1 Å². The van der Waals surface area contributed by atoms with Gasteiger partial charge in [0.1, 0.15) is 5.69 Å². The third kappa shape index (κ3) is 5.63. The van der Waals surface area contributed by atoms with Crippen molar-refractivity contribution in [3.05, 3.63) is 42.7 Å². The van der Waals surface area contributed by atoms with Crippen molar-refractivity contribution in [2.45, 2.75) is 37.2 Å². The predicted octanol–water partition coefficient (Wildman–Crippen LogP) is 1.07. The molecule has 166 valence electrons. The van der Waals surface area contributed by atoms with Crippen LogP contribution in [0.2, 0.25) is 0 Å². The van der Waals surface area contributed by atoms with Crippen molar-refractivity contribution in [3.63, 3.8) is 0 Å². The maximum atomic E-state index is 12.4. The highest BCUT2D eigenvalue weighted by atomic mass is 19.4. The molecule has 3 atom stereocenters. The van der Waals surface area contributed by atoms with Crippen LogP contribution < -0.4 is 10.2 Å². The second-order valence-corrected chi connectivity index (χ2v) is 6.72. The van der Waals surface area contributed by atoms with Gasteiger partial charge in [-0.15, -0.1) is 0 Å². The highest BCUT2D eigenvalue weighted by Gasteiger charge is 2.45. The van der Waals surface area contributed by atoms with Crippen molar-refractivity contribution in [2.24, 2.45) is 0 Å². The number of halogens is 3. The van der Waals surface area contributed by atoms with Crippen molar-refractivity contribution in [2.75, 3.05) is 18.1 Å². The molecular weight excluding hydrogens is 421 g/mol. The van der Waals surface area contributed by atoms with E-state index < -0.39 is 12.1 Å². The Morgan fingerprint density at radius 2 is 1.87 bits per heavy atom. The summed E-state index contributed by atoms with van der Waals surface area (Å²) in [6, 6.07) is 1.84. The van der Waals surface area contributed by atoms with Crippen LogP contribution in [0.25, 0.3) is 0 Å². The molecule has 2 aliphatic heterocycles. The average molecular weight is 440 g/mol. The van der Waals surface area contributed by atoms with Gasteiger partial charge in [-0.1, -0.05) is 0 Å². The van der Waals surface area contributed by atoms with E-state index in [4.69, 9.17) is 14.6 Å². The van der Waals surface area contributed by atoms with Crippen LogP contribution in [0.15, 0.2) is 37.1 Å². The van der Waals surface area contributed by atoms with E-state index in [-0.39, 0.29) is 24.1 Å². The number of carboxylic acids is 1. The lowest BCUT2D eigenvalue weighted by molar-refractivity contribution is -0.192. The van der Waals surface area contributed by atoms with Crippen LogP contribution >= 0.6 is 0 Å². The molecule has 0 aliphatic carbocycles. The molecule has 0 spiro atoms. The molecule has 1 amide bonds. The van der Waals surface area contributed by atoms with Crippen LogP contribution in [0.1, 0.15) is 23.3 Å². The number of anilines is 1. The first-order valence-electron chi connectivity index (χ1n) is 9.29. The van der Waals surface area contributed by atoms with Gasteiger partial charge in [0.15, 0.2) is 0 Å². The molecule has 4 rings (SSSR count). The summed E-state index contributed by atoms with van der Waals surface area (Å²) in [7, 11) is 0. The highest BCUT2D eigenvalue weighted by Crippen LogP contribution is 2.31. The van der Waals surface area contributed by atoms with Crippen molar-refractivity contribution in [1.82, 2.24) is 25.3 Å². The maximum Gasteiger partial charge on any atom is 0.490 e. The van der Waals surface area contributed by atoms with Crippen LogP contribution in [-0.2, 0) is 9.53 Å². The molecule has 2 fully saturated rings. The molecule has 10 nitrogen and oxygen atoms in total. The van der Waals surface area contributed by atoms with Crippen molar-refractivity contribution in [1.29, 1.82) is 0 Å². The van der Waals surface area contributed by atoms with E-state index in [0.29, 0.717) is 24.8 Å². The zero-order chi connectivity index (χ0) is 22.4. The Morgan fingerprint density at radius 1 is 1.16 bits per heavy atom. The Kier molecular flexibility index (Phi) is 6.95. The first-order valence-corrected chi connectivity index (χ1v) is 9.29. The number of carbonyl (C=O) groups is 2. The second-order valence-electron chi connectivity index (χ2n) is 6.72. The zero-order valence-electron chi connectivity index (χ0n) is 16.1. The third-order valence-corrected chi connectivity index (χ3v) is 4.69. The fourth-order valence-electron chi connectivity index (χ4n) is 3.41. The summed E-state index contributed by atoms with van der Waals surface area (Å²) >= 11 is 0. The van der Waals surface area contributed by atoms with E-state index in [1.54, 1.807) is 24.7 Å². The van der Waals surface area contributed by atoms with Crippen molar-refractivity contribution < 1.29 is 32.6 Å². The van der Waals surface area contributed by atoms with E-state index >= 15 is 0 Å². The van der Waals surface area contributed by atoms with Gasteiger partial charge in [0, 0.05) is 37.9 Å². The lowest BCUT2D eigenvalue weighted by Gasteiger charge is -2.32. The van der Waals surface area contributed by atoms with Crippen LogP contribution in [-0.4, -0.2) is 74.4 Å². The largest absolute Gasteiger partial charge is 0.490 e. The molecule has 0 saturated carbocycles. The molecule has 0 unspecified atom stereocenters. The third-order valence-electron chi connectivity index (χ3n) is 4.69. The average Bonchev–Trinajstić information content (AvgIpc) is 3.13. The topological polar surface area (TPSA) is 130 Å². The number of rotatable bonds is 3. The number of nitrogens with one attached hydrogen (secondary N) is 1. The summed E-state index contributed by atoms with van der Waals surface area (Å²) in [6.07, 6.45) is 4.81. The van der Waals surface area contributed by atoms with Gasteiger partial charge in [-0.2, -0.15) is 13.2 Å². The first kappa shape index (κ1) is 22.3. The predicted molar refractivity (Wildman–Crippen MR) is 99.1 cm³/mol. The monoisotopic (exact) mass is 440 g/mol. The molecule has 4 heterocycles. The number of hydrogen-bond acceptors (Lipinski definition) is 8. The minimum atomic E-state index is -5.08. The second kappa shape index (κ2) is 9.64. The standard InChI is InChI=1S/C16H18N6O2.C2HF3O2/c23-15(11-9-17-6-7-18-11)21-12-10-22(16-19-4-2-5-20-16)13-3-1-8-24-14(12)13;3-2(4,5)1(6)7/h2,4-7,9,12-14H,1,3,8,10H2,(H,21,23);(H,6,7)/t12-,13+,14+;/m0./s1. The zero-order valence-corrected chi connectivity index (χ0v) is 16.1. The van der Waals surface area contributed by atoms with Gasteiger partial charge >= 0.3 is 12.1 Å². The number of nitrogens with zero attached hydrogens (tertiary/aromatic N) is 5. The smallest absolute Gasteiger partial charge is 0.475 e. The fourth-order valence-corrected chi connectivity index (χ4v) is 3.41. The number of alkyl halides is 3. The molecule has 0 aromatic carbocycles. The van der Waals surface area contributed by atoms with Crippen molar-refractivity contribution >= 4 is 17.8 Å². The number of fused-ring (bicyclic) bond motifs is 1. The van der Waals surface area contributed by atoms with Gasteiger partial charge in [0.05, 0.1) is 24.4 Å². The Balaban J connectivity index is 0.000000339. The van der Waals surface area contributed by atoms with E-state index in [1.807, 2.05) is 0 Å². The van der Waals surface area contributed by atoms with Crippen molar-refractivity contribution in [3.8, 4) is 0 Å². The molecule has 2 saturated heterocycles. The maximum absolute atomic E-state index is 12.4. The molecule has 0 bridgehead atoms. The van der Waals surface area contributed by atoms with Crippen LogP contribution in [0.3, 0.4) is 0 Å². The lowest BCUT2D eigenvalue weighted by atomic mass is 10.0. The summed E-state index contributed by atoms with van der Waals surface area (Å²) in [5.41, 5.74) is 0.305. The molecule has 2 aromatic heterocycles. The Morgan fingerprint density at radius 3 is 2.48 bits per heavy atom. The number of amides is 1. The minimum Gasteiger partial charge on any atom is -0.475 e. The van der Waals surface area contributed by atoms with E-state index in [1.165, 1.54) is 12.4 Å².